The number of aromatic nitrogens is 2. The Kier molecular flexibility index (Phi) is 5.19. The summed E-state index contributed by atoms with van der Waals surface area (Å²) in [6.45, 7) is -0.0842. The molecule has 3 aromatic rings. The fraction of sp³-hybridized carbons (Fsp3) is 0.381. The van der Waals surface area contributed by atoms with Crippen LogP contribution in [0.15, 0.2) is 42.6 Å². The Hall–Kier alpha value is -1.92. The molecule has 0 spiro atoms. The molecule has 2 N–H and O–H groups in total. The average molecular weight is 387 g/mol. The predicted molar refractivity (Wildman–Crippen MR) is 105 cm³/mol. The lowest BCUT2D eigenvalue weighted by Crippen LogP contribution is -2.33. The Balaban J connectivity index is 1.59. The van der Waals surface area contributed by atoms with Gasteiger partial charge in [-0.3, -0.25) is 4.68 Å². The monoisotopic (exact) mass is 386 g/mol. The van der Waals surface area contributed by atoms with E-state index in [0.29, 0.717) is 24.3 Å². The standard InChI is InChI=1S/C21H23ClN2O3/c1-24-20-5-2-13(7-16(20)11-23-24)6-15-8-14(3-4-19(15)22)21-10-17(26)9-18(12-25)27-21/h2-5,7-8,11,17-18,21,25-26H,6,9-10,12H2,1H3. The van der Waals surface area contributed by atoms with E-state index in [-0.39, 0.29) is 18.8 Å². The maximum Gasteiger partial charge on any atom is 0.0854 e. The molecule has 1 saturated heterocycles. The average Bonchev–Trinajstić information content (AvgIpc) is 3.03. The van der Waals surface area contributed by atoms with Crippen molar-refractivity contribution in [1.82, 2.24) is 9.78 Å². The molecule has 1 aliphatic rings. The van der Waals surface area contributed by atoms with Gasteiger partial charge in [-0.25, -0.2) is 0 Å². The van der Waals surface area contributed by atoms with Gasteiger partial charge < -0.3 is 14.9 Å². The van der Waals surface area contributed by atoms with Crippen LogP contribution in [0.25, 0.3) is 10.9 Å². The molecule has 4 rings (SSSR count). The van der Waals surface area contributed by atoms with E-state index in [2.05, 4.69) is 23.3 Å². The summed E-state index contributed by atoms with van der Waals surface area (Å²) in [5.41, 5.74) is 4.25. The smallest absolute Gasteiger partial charge is 0.0854 e. The molecule has 0 bridgehead atoms. The molecule has 0 aliphatic carbocycles. The molecule has 0 saturated carbocycles. The van der Waals surface area contributed by atoms with Crippen LogP contribution >= 0.6 is 11.6 Å². The summed E-state index contributed by atoms with van der Waals surface area (Å²) in [5.74, 6) is 0. The minimum absolute atomic E-state index is 0.0842. The number of fused-ring (bicyclic) bond motifs is 1. The summed E-state index contributed by atoms with van der Waals surface area (Å²) in [4.78, 5) is 0. The zero-order chi connectivity index (χ0) is 19.0. The van der Waals surface area contributed by atoms with E-state index in [4.69, 9.17) is 16.3 Å². The molecule has 142 valence electrons. The highest BCUT2D eigenvalue weighted by Gasteiger charge is 2.29. The van der Waals surface area contributed by atoms with Gasteiger partial charge in [0.25, 0.3) is 0 Å². The fourth-order valence-corrected chi connectivity index (χ4v) is 3.98. The first-order chi connectivity index (χ1) is 13.0. The van der Waals surface area contributed by atoms with Gasteiger partial charge >= 0.3 is 0 Å². The van der Waals surface area contributed by atoms with Gasteiger partial charge in [-0.2, -0.15) is 5.10 Å². The van der Waals surface area contributed by atoms with E-state index in [1.54, 1.807) is 0 Å². The molecule has 3 atom stereocenters. The highest BCUT2D eigenvalue weighted by Crippen LogP contribution is 2.34. The lowest BCUT2D eigenvalue weighted by Gasteiger charge is -2.32. The zero-order valence-electron chi connectivity index (χ0n) is 15.2. The Morgan fingerprint density at radius 1 is 1.22 bits per heavy atom. The first-order valence-corrected chi connectivity index (χ1v) is 9.54. The van der Waals surface area contributed by atoms with Crippen molar-refractivity contribution < 1.29 is 14.9 Å². The van der Waals surface area contributed by atoms with E-state index in [0.717, 1.165) is 27.6 Å². The minimum atomic E-state index is -0.465. The number of aliphatic hydroxyl groups excluding tert-OH is 2. The van der Waals surface area contributed by atoms with Crippen molar-refractivity contribution in [1.29, 1.82) is 0 Å². The summed E-state index contributed by atoms with van der Waals surface area (Å²) in [5, 5.41) is 25.6. The van der Waals surface area contributed by atoms with E-state index < -0.39 is 6.10 Å². The van der Waals surface area contributed by atoms with E-state index >= 15 is 0 Å². The van der Waals surface area contributed by atoms with Crippen LogP contribution in [0.3, 0.4) is 0 Å². The number of hydrogen-bond donors (Lipinski definition) is 2. The maximum absolute atomic E-state index is 10.1. The molecule has 2 aromatic carbocycles. The molecule has 1 fully saturated rings. The molecular formula is C21H23ClN2O3. The van der Waals surface area contributed by atoms with Gasteiger partial charge in [-0.15, -0.1) is 0 Å². The van der Waals surface area contributed by atoms with Crippen LogP contribution in [-0.2, 0) is 18.2 Å². The quantitative estimate of drug-likeness (QED) is 0.721. The van der Waals surface area contributed by atoms with Crippen molar-refractivity contribution >= 4 is 22.5 Å². The lowest BCUT2D eigenvalue weighted by atomic mass is 9.94. The van der Waals surface area contributed by atoms with Crippen LogP contribution in [0.5, 0.6) is 0 Å². The highest BCUT2D eigenvalue weighted by atomic mass is 35.5. The third-order valence-corrected chi connectivity index (χ3v) is 5.60. The van der Waals surface area contributed by atoms with E-state index in [1.165, 1.54) is 0 Å². The molecular weight excluding hydrogens is 364 g/mol. The zero-order valence-corrected chi connectivity index (χ0v) is 15.9. The molecule has 2 heterocycles. The number of nitrogens with zero attached hydrogens (tertiary/aromatic N) is 2. The number of aliphatic hydroxyl groups is 2. The van der Waals surface area contributed by atoms with Crippen molar-refractivity contribution in [3.05, 3.63) is 64.3 Å². The molecule has 1 aromatic heterocycles. The second kappa shape index (κ2) is 7.60. The molecule has 1 aliphatic heterocycles. The van der Waals surface area contributed by atoms with Gasteiger partial charge in [0.1, 0.15) is 0 Å². The Bertz CT molecular complexity index is 956. The van der Waals surface area contributed by atoms with Crippen molar-refractivity contribution in [2.75, 3.05) is 6.61 Å². The van der Waals surface area contributed by atoms with Gasteiger partial charge in [-0.1, -0.05) is 29.8 Å². The van der Waals surface area contributed by atoms with Crippen molar-refractivity contribution in [2.24, 2.45) is 7.05 Å². The summed E-state index contributed by atoms with van der Waals surface area (Å²) < 4.78 is 7.79. The third kappa shape index (κ3) is 3.87. The van der Waals surface area contributed by atoms with E-state index in [9.17, 15) is 10.2 Å². The number of hydrogen-bond acceptors (Lipinski definition) is 4. The number of aryl methyl sites for hydroxylation is 1. The summed E-state index contributed by atoms with van der Waals surface area (Å²) in [6, 6.07) is 12.2. The van der Waals surface area contributed by atoms with Crippen LogP contribution in [0, 0.1) is 0 Å². The van der Waals surface area contributed by atoms with Gasteiger partial charge in [0.05, 0.1) is 36.6 Å². The fourth-order valence-electron chi connectivity index (χ4n) is 3.80. The number of rotatable bonds is 4. The van der Waals surface area contributed by atoms with Crippen LogP contribution in [0.1, 0.15) is 35.6 Å². The van der Waals surface area contributed by atoms with Crippen molar-refractivity contribution in [3.8, 4) is 0 Å². The summed E-state index contributed by atoms with van der Waals surface area (Å²) in [6.07, 6.45) is 2.54. The number of benzene rings is 2. The first-order valence-electron chi connectivity index (χ1n) is 9.17. The second-order valence-corrected chi connectivity index (χ2v) is 7.65. The molecule has 3 unspecified atom stereocenters. The van der Waals surface area contributed by atoms with Crippen LogP contribution in [0.2, 0.25) is 5.02 Å². The highest BCUT2D eigenvalue weighted by molar-refractivity contribution is 6.31. The van der Waals surface area contributed by atoms with Gasteiger partial charge in [0.15, 0.2) is 0 Å². The van der Waals surface area contributed by atoms with Crippen LogP contribution < -0.4 is 0 Å². The molecule has 6 heteroatoms. The Morgan fingerprint density at radius 2 is 2.07 bits per heavy atom. The van der Waals surface area contributed by atoms with E-state index in [1.807, 2.05) is 36.1 Å². The number of ether oxygens (including phenoxy) is 1. The molecule has 27 heavy (non-hydrogen) atoms. The number of halogens is 1. The summed E-state index contributed by atoms with van der Waals surface area (Å²) in [7, 11) is 1.93. The Labute approximate surface area is 163 Å². The first kappa shape index (κ1) is 18.4. The van der Waals surface area contributed by atoms with Crippen LogP contribution in [-0.4, -0.2) is 38.8 Å². The Morgan fingerprint density at radius 3 is 2.89 bits per heavy atom. The van der Waals surface area contributed by atoms with Crippen LogP contribution in [0.4, 0.5) is 0 Å². The molecule has 0 radical (unpaired) electrons. The normalized spacial score (nSPS) is 23.0. The SMILES string of the molecule is Cn1ncc2cc(Cc3cc(C4CC(O)CC(CO)O4)ccc3Cl)ccc21. The largest absolute Gasteiger partial charge is 0.394 e. The van der Waals surface area contributed by atoms with Gasteiger partial charge in [0.2, 0.25) is 0 Å². The maximum atomic E-state index is 10.1. The van der Waals surface area contributed by atoms with Gasteiger partial charge in [0, 0.05) is 30.3 Å². The third-order valence-electron chi connectivity index (χ3n) is 5.23. The topological polar surface area (TPSA) is 67.5 Å². The molecule has 5 nitrogen and oxygen atoms in total. The predicted octanol–water partition coefficient (Wildman–Crippen LogP) is 3.39. The summed E-state index contributed by atoms with van der Waals surface area (Å²) >= 11 is 6.45. The van der Waals surface area contributed by atoms with Gasteiger partial charge in [-0.05, 0) is 41.3 Å². The van der Waals surface area contributed by atoms with Crippen molar-refractivity contribution in [3.63, 3.8) is 0 Å². The van der Waals surface area contributed by atoms with Crippen molar-refractivity contribution in [2.45, 2.75) is 37.6 Å². The minimum Gasteiger partial charge on any atom is -0.394 e. The molecule has 0 amide bonds. The second-order valence-electron chi connectivity index (χ2n) is 7.24. The lowest BCUT2D eigenvalue weighted by molar-refractivity contribution is -0.113.